The van der Waals surface area contributed by atoms with Gasteiger partial charge >= 0.3 is 6.18 Å². The molecule has 1 fully saturated rings. The Balaban J connectivity index is 1.75. The number of nitrogens with two attached hydrogens (primary N) is 1. The van der Waals surface area contributed by atoms with Crippen LogP contribution in [-0.4, -0.2) is 55.5 Å². The summed E-state index contributed by atoms with van der Waals surface area (Å²) in [5, 5.41) is 13.4. The van der Waals surface area contributed by atoms with Gasteiger partial charge in [-0.15, -0.1) is 5.10 Å². The van der Waals surface area contributed by atoms with Gasteiger partial charge in [0.2, 0.25) is 11.8 Å². The Morgan fingerprint density at radius 1 is 1.27 bits per heavy atom. The molecule has 2 aromatic rings. The molecule has 1 saturated heterocycles. The first kappa shape index (κ1) is 24.6. The molecule has 2 heterocycles. The average molecular weight is 467 g/mol. The molecule has 2 amide bonds. The molecule has 2 atom stereocenters. The number of hydrogen-bond donors (Lipinski definition) is 2. The van der Waals surface area contributed by atoms with E-state index in [-0.39, 0.29) is 23.4 Å². The Kier molecular flexibility index (Phi) is 7.06. The third-order valence-electron chi connectivity index (χ3n) is 5.44. The highest BCUT2D eigenvalue weighted by atomic mass is 19.4. The van der Waals surface area contributed by atoms with Crippen molar-refractivity contribution in [2.75, 3.05) is 6.54 Å². The van der Waals surface area contributed by atoms with Crippen LogP contribution < -0.4 is 11.1 Å². The molecule has 3 rings (SSSR count). The number of benzene rings is 1. The van der Waals surface area contributed by atoms with Gasteiger partial charge in [0.1, 0.15) is 12.4 Å². The summed E-state index contributed by atoms with van der Waals surface area (Å²) in [7, 11) is 0. The SMILES string of the molecule is CC(C)(C)C[C@@H](N)C(=O)N1CCCC1C(=O)NCc1cc(C(F)(F)F)ccc1-n1cnnn1. The van der Waals surface area contributed by atoms with Crippen molar-refractivity contribution in [3.8, 4) is 5.69 Å². The van der Waals surface area contributed by atoms with Crippen molar-refractivity contribution in [1.29, 1.82) is 0 Å². The molecule has 0 saturated carbocycles. The standard InChI is InChI=1S/C21H28F3N7O2/c1-20(2,3)10-15(25)19(33)30-8-4-5-17(30)18(32)26-11-13-9-14(21(22,23)24)6-7-16(13)31-12-27-28-29-31/h6-7,9,12,15,17H,4-5,8,10-11,25H2,1-3H3,(H,26,32)/t15-,17?/m1/s1. The summed E-state index contributed by atoms with van der Waals surface area (Å²) >= 11 is 0. The van der Waals surface area contributed by atoms with Crippen molar-refractivity contribution in [2.45, 2.75) is 64.8 Å². The molecule has 0 aliphatic carbocycles. The van der Waals surface area contributed by atoms with Crippen molar-refractivity contribution in [3.05, 3.63) is 35.7 Å². The normalized spacial score (nSPS) is 17.8. The van der Waals surface area contributed by atoms with E-state index in [1.807, 2.05) is 20.8 Å². The number of carbonyl (C=O) groups is 2. The minimum Gasteiger partial charge on any atom is -0.350 e. The second-order valence-corrected chi connectivity index (χ2v) is 9.37. The quantitative estimate of drug-likeness (QED) is 0.671. The van der Waals surface area contributed by atoms with Gasteiger partial charge in [0, 0.05) is 13.1 Å². The average Bonchev–Trinajstić information content (AvgIpc) is 3.41. The third kappa shape index (κ3) is 6.06. The number of alkyl halides is 3. The zero-order valence-electron chi connectivity index (χ0n) is 18.8. The van der Waals surface area contributed by atoms with E-state index in [0.29, 0.717) is 31.5 Å². The van der Waals surface area contributed by atoms with Crippen molar-refractivity contribution < 1.29 is 22.8 Å². The first-order valence-corrected chi connectivity index (χ1v) is 10.6. The number of hydrogen-bond acceptors (Lipinski definition) is 6. The Bertz CT molecular complexity index is 987. The lowest BCUT2D eigenvalue weighted by Gasteiger charge is -2.29. The van der Waals surface area contributed by atoms with Gasteiger partial charge < -0.3 is 16.0 Å². The molecular formula is C21H28F3N7O2. The molecule has 1 aromatic heterocycles. The maximum Gasteiger partial charge on any atom is 0.416 e. The topological polar surface area (TPSA) is 119 Å². The lowest BCUT2D eigenvalue weighted by atomic mass is 9.88. The van der Waals surface area contributed by atoms with E-state index in [9.17, 15) is 22.8 Å². The van der Waals surface area contributed by atoms with Crippen LogP contribution in [0.4, 0.5) is 13.2 Å². The molecule has 180 valence electrons. The van der Waals surface area contributed by atoms with Gasteiger partial charge in [-0.05, 0) is 58.9 Å². The zero-order chi connectivity index (χ0) is 24.4. The van der Waals surface area contributed by atoms with Crippen LogP contribution in [0.2, 0.25) is 0 Å². The van der Waals surface area contributed by atoms with Crippen LogP contribution in [0, 0.1) is 5.41 Å². The van der Waals surface area contributed by atoms with Crippen molar-refractivity contribution in [2.24, 2.45) is 11.1 Å². The second-order valence-electron chi connectivity index (χ2n) is 9.37. The minimum atomic E-state index is -4.55. The number of nitrogens with zero attached hydrogens (tertiary/aromatic N) is 5. The van der Waals surface area contributed by atoms with Gasteiger partial charge in [0.15, 0.2) is 0 Å². The summed E-state index contributed by atoms with van der Waals surface area (Å²) < 4.78 is 40.9. The highest BCUT2D eigenvalue weighted by Crippen LogP contribution is 2.31. The summed E-state index contributed by atoms with van der Waals surface area (Å²) in [5.74, 6) is -0.736. The van der Waals surface area contributed by atoms with Gasteiger partial charge in [-0.3, -0.25) is 9.59 Å². The Labute approximate surface area is 189 Å². The Morgan fingerprint density at radius 2 is 2.00 bits per heavy atom. The largest absolute Gasteiger partial charge is 0.416 e. The lowest BCUT2D eigenvalue weighted by molar-refractivity contribution is -0.140. The number of rotatable bonds is 6. The first-order valence-electron chi connectivity index (χ1n) is 10.6. The van der Waals surface area contributed by atoms with E-state index in [1.54, 1.807) is 0 Å². The van der Waals surface area contributed by atoms with Crippen molar-refractivity contribution in [3.63, 3.8) is 0 Å². The van der Waals surface area contributed by atoms with E-state index in [0.717, 1.165) is 12.1 Å². The van der Waals surface area contributed by atoms with E-state index < -0.39 is 29.7 Å². The van der Waals surface area contributed by atoms with Crippen LogP contribution in [0.3, 0.4) is 0 Å². The number of tetrazole rings is 1. The molecule has 3 N–H and O–H groups in total. The van der Waals surface area contributed by atoms with E-state index in [1.165, 1.54) is 22.0 Å². The van der Waals surface area contributed by atoms with E-state index >= 15 is 0 Å². The first-order chi connectivity index (χ1) is 15.4. The summed E-state index contributed by atoms with van der Waals surface area (Å²) in [6.45, 7) is 6.15. The van der Waals surface area contributed by atoms with Crippen LogP contribution >= 0.6 is 0 Å². The van der Waals surface area contributed by atoms with Gasteiger partial charge in [0.25, 0.3) is 0 Å². The maximum atomic E-state index is 13.2. The predicted octanol–water partition coefficient (Wildman–Crippen LogP) is 2.05. The number of halogens is 3. The lowest BCUT2D eigenvalue weighted by Crippen LogP contribution is -2.51. The highest BCUT2D eigenvalue weighted by Gasteiger charge is 2.37. The van der Waals surface area contributed by atoms with Crippen LogP contribution in [0.5, 0.6) is 0 Å². The number of aromatic nitrogens is 4. The molecule has 9 nitrogen and oxygen atoms in total. The molecular weight excluding hydrogens is 439 g/mol. The number of carbonyl (C=O) groups excluding carboxylic acids is 2. The maximum absolute atomic E-state index is 13.2. The monoisotopic (exact) mass is 467 g/mol. The summed E-state index contributed by atoms with van der Waals surface area (Å²) in [5.41, 5.74) is 5.58. The Hall–Kier alpha value is -3.02. The Morgan fingerprint density at radius 3 is 2.61 bits per heavy atom. The number of nitrogens with one attached hydrogen (secondary N) is 1. The molecule has 1 aromatic carbocycles. The molecule has 1 aliphatic rings. The molecule has 33 heavy (non-hydrogen) atoms. The van der Waals surface area contributed by atoms with Gasteiger partial charge in [-0.1, -0.05) is 20.8 Å². The highest BCUT2D eigenvalue weighted by molar-refractivity contribution is 5.90. The summed E-state index contributed by atoms with van der Waals surface area (Å²) in [6.07, 6.45) is -1.72. The molecule has 1 unspecified atom stereocenters. The van der Waals surface area contributed by atoms with Crippen LogP contribution in [0.15, 0.2) is 24.5 Å². The number of amides is 2. The predicted molar refractivity (Wildman–Crippen MR) is 113 cm³/mol. The number of likely N-dealkylation sites (tertiary alicyclic amines) is 1. The van der Waals surface area contributed by atoms with E-state index in [4.69, 9.17) is 5.73 Å². The third-order valence-corrected chi connectivity index (χ3v) is 5.44. The van der Waals surface area contributed by atoms with Crippen molar-refractivity contribution in [1.82, 2.24) is 30.4 Å². The fourth-order valence-corrected chi connectivity index (χ4v) is 3.96. The molecule has 1 aliphatic heterocycles. The van der Waals surface area contributed by atoms with Gasteiger partial charge in [0.05, 0.1) is 17.3 Å². The minimum absolute atomic E-state index is 0.150. The van der Waals surface area contributed by atoms with Crippen molar-refractivity contribution >= 4 is 11.8 Å². The smallest absolute Gasteiger partial charge is 0.350 e. The van der Waals surface area contributed by atoms with E-state index in [2.05, 4.69) is 20.8 Å². The van der Waals surface area contributed by atoms with Crippen LogP contribution in [0.1, 0.15) is 51.2 Å². The fraction of sp³-hybridized carbons (Fsp3) is 0.571. The fourth-order valence-electron chi connectivity index (χ4n) is 3.96. The van der Waals surface area contributed by atoms with Gasteiger partial charge in [-0.2, -0.15) is 13.2 Å². The molecule has 0 spiro atoms. The second kappa shape index (κ2) is 9.46. The molecule has 0 bridgehead atoms. The van der Waals surface area contributed by atoms with Gasteiger partial charge in [-0.25, -0.2) is 4.68 Å². The molecule has 0 radical (unpaired) electrons. The van der Waals surface area contributed by atoms with Crippen LogP contribution in [0.25, 0.3) is 5.69 Å². The molecule has 12 heteroatoms. The zero-order valence-corrected chi connectivity index (χ0v) is 18.8. The summed E-state index contributed by atoms with van der Waals surface area (Å²) in [4.78, 5) is 27.2. The summed E-state index contributed by atoms with van der Waals surface area (Å²) in [6, 6.07) is 1.68. The van der Waals surface area contributed by atoms with Crippen LogP contribution in [-0.2, 0) is 22.3 Å².